The van der Waals surface area contributed by atoms with Crippen molar-refractivity contribution in [2.75, 3.05) is 16.0 Å². The molecule has 0 bridgehead atoms. The van der Waals surface area contributed by atoms with Gasteiger partial charge in [-0.05, 0) is 36.4 Å². The van der Waals surface area contributed by atoms with Crippen LogP contribution in [0.5, 0.6) is 0 Å². The van der Waals surface area contributed by atoms with E-state index in [1.54, 1.807) is 24.3 Å². The highest BCUT2D eigenvalue weighted by Crippen LogP contribution is 2.32. The Kier molecular flexibility index (Phi) is 5.57. The van der Waals surface area contributed by atoms with Crippen molar-refractivity contribution in [3.8, 4) is 11.3 Å². The van der Waals surface area contributed by atoms with Crippen LogP contribution in [-0.4, -0.2) is 26.4 Å². The van der Waals surface area contributed by atoms with Crippen LogP contribution in [0.15, 0.2) is 84.9 Å². The highest BCUT2D eigenvalue weighted by molar-refractivity contribution is 6.36. The predicted octanol–water partition coefficient (Wildman–Crippen LogP) is 6.06. The summed E-state index contributed by atoms with van der Waals surface area (Å²) in [4.78, 5) is 12.6. The number of amides is 2. The molecule has 162 valence electrons. The Morgan fingerprint density at radius 2 is 1.58 bits per heavy atom. The molecule has 2 heterocycles. The van der Waals surface area contributed by atoms with Crippen molar-refractivity contribution in [1.29, 1.82) is 0 Å². The summed E-state index contributed by atoms with van der Waals surface area (Å²) >= 11 is 6.34. The van der Waals surface area contributed by atoms with Gasteiger partial charge in [-0.1, -0.05) is 60.1 Å². The van der Waals surface area contributed by atoms with Crippen LogP contribution < -0.4 is 16.0 Å². The number of para-hydroxylation sites is 2. The molecule has 2 aromatic heterocycles. The Hall–Kier alpha value is -4.43. The van der Waals surface area contributed by atoms with Crippen LogP contribution in [0.25, 0.3) is 22.2 Å². The van der Waals surface area contributed by atoms with Gasteiger partial charge in [-0.2, -0.15) is 5.10 Å². The van der Waals surface area contributed by atoms with E-state index in [9.17, 15) is 4.79 Å². The van der Waals surface area contributed by atoms with Gasteiger partial charge in [0.2, 0.25) is 0 Å². The Morgan fingerprint density at radius 1 is 0.788 bits per heavy atom. The number of H-pyrrole nitrogens is 1. The fourth-order valence-electron chi connectivity index (χ4n) is 3.38. The second-order valence-electron chi connectivity index (χ2n) is 7.15. The number of anilines is 4. The number of hydrogen-bond donors (Lipinski definition) is 4. The SMILES string of the molecule is O=C(Nc1ccc(-c2ccccc2)nn1)Nc1ccccc1Nc1n[nH]c2cccc(Cl)c12. The largest absolute Gasteiger partial charge is 0.336 e. The molecule has 0 radical (unpaired) electrons. The maximum absolute atomic E-state index is 12.6. The number of rotatable bonds is 5. The summed E-state index contributed by atoms with van der Waals surface area (Å²) in [5.41, 5.74) is 3.71. The molecule has 0 fully saturated rings. The number of carbonyl (C=O) groups is 1. The summed E-state index contributed by atoms with van der Waals surface area (Å²) in [7, 11) is 0. The van der Waals surface area contributed by atoms with E-state index in [1.165, 1.54) is 0 Å². The average Bonchev–Trinajstić information content (AvgIpc) is 3.25. The fraction of sp³-hybridized carbons (Fsp3) is 0. The summed E-state index contributed by atoms with van der Waals surface area (Å²) in [6, 6.07) is 25.6. The zero-order valence-electron chi connectivity index (χ0n) is 17.2. The smallest absolute Gasteiger partial charge is 0.324 e. The van der Waals surface area contributed by atoms with Crippen molar-refractivity contribution in [1.82, 2.24) is 20.4 Å². The van der Waals surface area contributed by atoms with Gasteiger partial charge in [-0.15, -0.1) is 10.2 Å². The van der Waals surface area contributed by atoms with Gasteiger partial charge in [0.1, 0.15) is 0 Å². The molecule has 5 aromatic rings. The molecule has 0 saturated heterocycles. The summed E-state index contributed by atoms with van der Waals surface area (Å²) in [5.74, 6) is 0.898. The summed E-state index contributed by atoms with van der Waals surface area (Å²) < 4.78 is 0. The number of hydrogen-bond acceptors (Lipinski definition) is 5. The van der Waals surface area contributed by atoms with Gasteiger partial charge >= 0.3 is 6.03 Å². The van der Waals surface area contributed by atoms with Gasteiger partial charge in [-0.25, -0.2) is 4.79 Å². The van der Waals surface area contributed by atoms with Crippen LogP contribution in [0.4, 0.5) is 27.8 Å². The molecule has 3 aromatic carbocycles. The third-order valence-electron chi connectivity index (χ3n) is 4.94. The molecule has 0 aliphatic heterocycles. The molecular formula is C24H18ClN7O. The van der Waals surface area contributed by atoms with Gasteiger partial charge in [0.25, 0.3) is 0 Å². The molecule has 33 heavy (non-hydrogen) atoms. The molecule has 5 rings (SSSR count). The zero-order chi connectivity index (χ0) is 22.6. The van der Waals surface area contributed by atoms with Crippen molar-refractivity contribution in [2.24, 2.45) is 0 Å². The van der Waals surface area contributed by atoms with Crippen LogP contribution in [0.3, 0.4) is 0 Å². The minimum absolute atomic E-state index is 0.336. The summed E-state index contributed by atoms with van der Waals surface area (Å²) in [6.07, 6.45) is 0. The van der Waals surface area contributed by atoms with E-state index in [0.29, 0.717) is 28.0 Å². The molecular weight excluding hydrogens is 438 g/mol. The van der Waals surface area contributed by atoms with Crippen molar-refractivity contribution >= 4 is 51.5 Å². The number of carbonyl (C=O) groups excluding carboxylic acids is 1. The van der Waals surface area contributed by atoms with Gasteiger partial charge in [0.05, 0.1) is 33.0 Å². The normalized spacial score (nSPS) is 10.7. The number of aromatic amines is 1. The van der Waals surface area contributed by atoms with Crippen LogP contribution in [0, 0.1) is 0 Å². The van der Waals surface area contributed by atoms with E-state index in [-0.39, 0.29) is 0 Å². The number of benzene rings is 3. The minimum Gasteiger partial charge on any atom is -0.336 e. The van der Waals surface area contributed by atoms with E-state index in [0.717, 1.165) is 22.2 Å². The van der Waals surface area contributed by atoms with E-state index in [2.05, 4.69) is 36.3 Å². The molecule has 9 heteroatoms. The van der Waals surface area contributed by atoms with Crippen LogP contribution in [0.1, 0.15) is 0 Å². The van der Waals surface area contributed by atoms with Crippen molar-refractivity contribution in [3.63, 3.8) is 0 Å². The third-order valence-corrected chi connectivity index (χ3v) is 5.26. The molecule has 0 spiro atoms. The van der Waals surface area contributed by atoms with Crippen LogP contribution in [-0.2, 0) is 0 Å². The summed E-state index contributed by atoms with van der Waals surface area (Å²) in [5, 5.41) is 25.6. The van der Waals surface area contributed by atoms with Crippen LogP contribution in [0.2, 0.25) is 5.02 Å². The van der Waals surface area contributed by atoms with E-state index in [1.807, 2.05) is 60.7 Å². The molecule has 8 nitrogen and oxygen atoms in total. The molecule has 0 saturated carbocycles. The predicted molar refractivity (Wildman–Crippen MR) is 131 cm³/mol. The Balaban J connectivity index is 1.30. The standard InChI is InChI=1S/C24H18ClN7O/c25-16-9-6-12-20-22(16)23(32-30-20)26-18-10-4-5-11-19(18)27-24(33)28-21-14-13-17(29-31-21)15-7-2-1-3-8-15/h1-14H,(H2,26,30,32)(H2,27,28,31,33). The lowest BCUT2D eigenvalue weighted by Gasteiger charge is -2.12. The lowest BCUT2D eigenvalue weighted by molar-refractivity contribution is 0.262. The average molecular weight is 456 g/mol. The number of fused-ring (bicyclic) bond motifs is 1. The first-order valence-electron chi connectivity index (χ1n) is 10.1. The zero-order valence-corrected chi connectivity index (χ0v) is 18.0. The number of halogens is 1. The number of urea groups is 1. The maximum Gasteiger partial charge on any atom is 0.324 e. The second-order valence-corrected chi connectivity index (χ2v) is 7.56. The van der Waals surface area contributed by atoms with E-state index in [4.69, 9.17) is 11.6 Å². The molecule has 0 aliphatic carbocycles. The third kappa shape index (κ3) is 4.46. The number of nitrogens with zero attached hydrogens (tertiary/aromatic N) is 3. The highest BCUT2D eigenvalue weighted by Gasteiger charge is 2.13. The van der Waals surface area contributed by atoms with E-state index >= 15 is 0 Å². The number of aromatic nitrogens is 4. The summed E-state index contributed by atoms with van der Waals surface area (Å²) in [6.45, 7) is 0. The Morgan fingerprint density at radius 3 is 2.36 bits per heavy atom. The minimum atomic E-state index is -0.448. The maximum atomic E-state index is 12.6. The Bertz CT molecular complexity index is 1420. The van der Waals surface area contributed by atoms with Crippen LogP contribution >= 0.6 is 11.6 Å². The molecule has 2 amide bonds. The van der Waals surface area contributed by atoms with Gasteiger partial charge in [0, 0.05) is 5.56 Å². The first-order chi connectivity index (χ1) is 16.2. The lowest BCUT2D eigenvalue weighted by Crippen LogP contribution is -2.21. The quantitative estimate of drug-likeness (QED) is 0.257. The topological polar surface area (TPSA) is 108 Å². The first kappa shape index (κ1) is 20.5. The monoisotopic (exact) mass is 455 g/mol. The van der Waals surface area contributed by atoms with Crippen molar-refractivity contribution in [3.05, 3.63) is 90.0 Å². The first-order valence-corrected chi connectivity index (χ1v) is 10.5. The molecule has 4 N–H and O–H groups in total. The molecule has 0 aliphatic rings. The lowest BCUT2D eigenvalue weighted by atomic mass is 10.1. The van der Waals surface area contributed by atoms with Gasteiger partial charge in [-0.3, -0.25) is 10.4 Å². The molecule has 0 unspecified atom stereocenters. The fourth-order valence-corrected chi connectivity index (χ4v) is 3.64. The Labute approximate surface area is 194 Å². The van der Waals surface area contributed by atoms with Crippen molar-refractivity contribution < 1.29 is 4.79 Å². The van der Waals surface area contributed by atoms with Gasteiger partial charge < -0.3 is 10.6 Å². The molecule has 0 atom stereocenters. The van der Waals surface area contributed by atoms with Crippen molar-refractivity contribution in [2.45, 2.75) is 0 Å². The highest BCUT2D eigenvalue weighted by atomic mass is 35.5. The van der Waals surface area contributed by atoms with E-state index < -0.39 is 6.03 Å². The second kappa shape index (κ2) is 8.97. The number of nitrogens with one attached hydrogen (secondary N) is 4. The van der Waals surface area contributed by atoms with Gasteiger partial charge in [0.15, 0.2) is 11.6 Å².